The minimum absolute atomic E-state index is 0.186. The van der Waals surface area contributed by atoms with Gasteiger partial charge in [-0.15, -0.1) is 0 Å². The van der Waals surface area contributed by atoms with E-state index in [1.54, 1.807) is 13.0 Å². The second kappa shape index (κ2) is 6.38. The second-order valence-corrected chi connectivity index (χ2v) is 4.99. The zero-order valence-corrected chi connectivity index (χ0v) is 11.6. The number of hydrogen-bond donors (Lipinski definition) is 1. The molecule has 0 saturated heterocycles. The van der Waals surface area contributed by atoms with E-state index in [-0.39, 0.29) is 10.6 Å². The van der Waals surface area contributed by atoms with Gasteiger partial charge in [0.1, 0.15) is 0 Å². The SMILES string of the molecule is CCCC(C)CNc1cc([N+](=O)[O-])c(C)cc1C. The van der Waals surface area contributed by atoms with Crippen LogP contribution in [0.2, 0.25) is 0 Å². The first-order valence-corrected chi connectivity index (χ1v) is 6.45. The van der Waals surface area contributed by atoms with E-state index in [2.05, 4.69) is 19.2 Å². The van der Waals surface area contributed by atoms with Gasteiger partial charge in [0.15, 0.2) is 0 Å². The van der Waals surface area contributed by atoms with E-state index in [0.717, 1.165) is 24.2 Å². The van der Waals surface area contributed by atoms with Gasteiger partial charge in [-0.2, -0.15) is 0 Å². The van der Waals surface area contributed by atoms with Crippen LogP contribution in [0.15, 0.2) is 12.1 Å². The van der Waals surface area contributed by atoms with Crippen molar-refractivity contribution < 1.29 is 4.92 Å². The van der Waals surface area contributed by atoms with Gasteiger partial charge >= 0.3 is 0 Å². The van der Waals surface area contributed by atoms with Crippen LogP contribution in [0, 0.1) is 29.9 Å². The fourth-order valence-corrected chi connectivity index (χ4v) is 2.11. The molecule has 1 aromatic rings. The van der Waals surface area contributed by atoms with Gasteiger partial charge in [0, 0.05) is 23.9 Å². The van der Waals surface area contributed by atoms with Crippen molar-refractivity contribution in [1.29, 1.82) is 0 Å². The topological polar surface area (TPSA) is 55.2 Å². The summed E-state index contributed by atoms with van der Waals surface area (Å²) in [4.78, 5) is 10.6. The number of nitrogens with one attached hydrogen (secondary N) is 1. The van der Waals surface area contributed by atoms with Crippen LogP contribution < -0.4 is 5.32 Å². The maximum absolute atomic E-state index is 10.9. The Hall–Kier alpha value is -1.58. The van der Waals surface area contributed by atoms with E-state index in [9.17, 15) is 10.1 Å². The summed E-state index contributed by atoms with van der Waals surface area (Å²) in [5.41, 5.74) is 2.83. The average molecular weight is 250 g/mol. The van der Waals surface area contributed by atoms with Gasteiger partial charge in [0.2, 0.25) is 0 Å². The monoisotopic (exact) mass is 250 g/mol. The molecule has 100 valence electrons. The molecular formula is C14H22N2O2. The molecule has 0 bridgehead atoms. The van der Waals surface area contributed by atoms with E-state index in [4.69, 9.17) is 0 Å². The summed E-state index contributed by atoms with van der Waals surface area (Å²) in [6.07, 6.45) is 2.33. The van der Waals surface area contributed by atoms with Crippen molar-refractivity contribution in [2.45, 2.75) is 40.5 Å². The standard InChI is InChI=1S/C14H22N2O2/c1-5-6-10(2)9-15-13-8-14(16(17)18)12(4)7-11(13)3/h7-8,10,15H,5-6,9H2,1-4H3. The molecule has 4 nitrogen and oxygen atoms in total. The Balaban J connectivity index is 2.82. The van der Waals surface area contributed by atoms with Crippen molar-refractivity contribution in [2.24, 2.45) is 5.92 Å². The van der Waals surface area contributed by atoms with E-state index >= 15 is 0 Å². The molecule has 18 heavy (non-hydrogen) atoms. The molecule has 4 heteroatoms. The van der Waals surface area contributed by atoms with Crippen molar-refractivity contribution in [3.05, 3.63) is 33.4 Å². The molecule has 1 rings (SSSR count). The molecule has 0 aliphatic rings. The lowest BCUT2D eigenvalue weighted by Crippen LogP contribution is -2.12. The highest BCUT2D eigenvalue weighted by atomic mass is 16.6. The highest BCUT2D eigenvalue weighted by molar-refractivity contribution is 5.60. The molecule has 0 spiro atoms. The summed E-state index contributed by atoms with van der Waals surface area (Å²) < 4.78 is 0. The number of anilines is 1. The van der Waals surface area contributed by atoms with Crippen LogP contribution in [0.3, 0.4) is 0 Å². The van der Waals surface area contributed by atoms with E-state index in [1.165, 1.54) is 6.42 Å². The minimum Gasteiger partial charge on any atom is -0.384 e. The fraction of sp³-hybridized carbons (Fsp3) is 0.571. The zero-order chi connectivity index (χ0) is 13.7. The summed E-state index contributed by atoms with van der Waals surface area (Å²) >= 11 is 0. The lowest BCUT2D eigenvalue weighted by molar-refractivity contribution is -0.385. The quantitative estimate of drug-likeness (QED) is 0.612. The van der Waals surface area contributed by atoms with Crippen molar-refractivity contribution in [1.82, 2.24) is 0 Å². The van der Waals surface area contributed by atoms with Crippen LogP contribution in [-0.4, -0.2) is 11.5 Å². The molecule has 0 aromatic heterocycles. The smallest absolute Gasteiger partial charge is 0.274 e. The molecule has 0 amide bonds. The first-order chi connectivity index (χ1) is 8.45. The van der Waals surface area contributed by atoms with E-state index in [1.807, 2.05) is 13.0 Å². The number of nitro groups is 1. The van der Waals surface area contributed by atoms with Gasteiger partial charge < -0.3 is 5.32 Å². The van der Waals surface area contributed by atoms with Gasteiger partial charge in [-0.25, -0.2) is 0 Å². The summed E-state index contributed by atoms with van der Waals surface area (Å²) in [5, 5.41) is 14.2. The molecule has 0 heterocycles. The molecular weight excluding hydrogens is 228 g/mol. The molecule has 1 unspecified atom stereocenters. The van der Waals surface area contributed by atoms with Gasteiger partial charge in [-0.3, -0.25) is 10.1 Å². The second-order valence-electron chi connectivity index (χ2n) is 4.99. The summed E-state index contributed by atoms with van der Waals surface area (Å²) in [7, 11) is 0. The van der Waals surface area contributed by atoms with Crippen LogP contribution in [0.1, 0.15) is 37.8 Å². The Morgan fingerprint density at radius 2 is 2.00 bits per heavy atom. The Labute approximate surface area is 109 Å². The maximum atomic E-state index is 10.9. The molecule has 1 aromatic carbocycles. The summed E-state index contributed by atoms with van der Waals surface area (Å²) in [5.74, 6) is 0.578. The number of aryl methyl sites for hydroxylation is 2. The minimum atomic E-state index is -0.324. The van der Waals surface area contributed by atoms with Crippen LogP contribution in [0.25, 0.3) is 0 Å². The Bertz CT molecular complexity index is 430. The highest BCUT2D eigenvalue weighted by Crippen LogP contribution is 2.26. The Kier molecular flexibility index (Phi) is 5.13. The number of nitrogens with zero attached hydrogens (tertiary/aromatic N) is 1. The number of nitro benzene ring substituents is 1. The van der Waals surface area contributed by atoms with Crippen LogP contribution in [0.4, 0.5) is 11.4 Å². The maximum Gasteiger partial charge on any atom is 0.274 e. The first kappa shape index (κ1) is 14.5. The van der Waals surface area contributed by atoms with Crippen LogP contribution in [-0.2, 0) is 0 Å². The molecule has 0 saturated carbocycles. The van der Waals surface area contributed by atoms with Crippen LogP contribution in [0.5, 0.6) is 0 Å². The van der Waals surface area contributed by atoms with Gasteiger partial charge in [-0.05, 0) is 37.8 Å². The Morgan fingerprint density at radius 3 is 2.56 bits per heavy atom. The lowest BCUT2D eigenvalue weighted by Gasteiger charge is -2.14. The zero-order valence-electron chi connectivity index (χ0n) is 11.6. The van der Waals surface area contributed by atoms with Crippen molar-refractivity contribution in [3.63, 3.8) is 0 Å². The van der Waals surface area contributed by atoms with Crippen LogP contribution >= 0.6 is 0 Å². The predicted octanol–water partition coefficient (Wildman–Crippen LogP) is 4.06. The van der Waals surface area contributed by atoms with Gasteiger partial charge in [-0.1, -0.05) is 20.3 Å². The van der Waals surface area contributed by atoms with E-state index in [0.29, 0.717) is 11.5 Å². The van der Waals surface area contributed by atoms with Gasteiger partial charge in [0.25, 0.3) is 5.69 Å². The van der Waals surface area contributed by atoms with E-state index < -0.39 is 0 Å². The number of benzene rings is 1. The third-order valence-corrected chi connectivity index (χ3v) is 3.16. The number of rotatable bonds is 6. The Morgan fingerprint density at radius 1 is 1.33 bits per heavy atom. The first-order valence-electron chi connectivity index (χ1n) is 6.45. The van der Waals surface area contributed by atoms with Crippen molar-refractivity contribution in [3.8, 4) is 0 Å². The fourth-order valence-electron chi connectivity index (χ4n) is 2.11. The molecule has 0 aliphatic carbocycles. The molecule has 0 aliphatic heterocycles. The lowest BCUT2D eigenvalue weighted by atomic mass is 10.0. The largest absolute Gasteiger partial charge is 0.384 e. The normalized spacial score (nSPS) is 12.2. The van der Waals surface area contributed by atoms with Crippen molar-refractivity contribution >= 4 is 11.4 Å². The average Bonchev–Trinajstić information content (AvgIpc) is 2.27. The predicted molar refractivity (Wildman–Crippen MR) is 75.1 cm³/mol. The molecule has 1 N–H and O–H groups in total. The highest BCUT2D eigenvalue weighted by Gasteiger charge is 2.13. The third kappa shape index (κ3) is 3.72. The van der Waals surface area contributed by atoms with Crippen molar-refractivity contribution in [2.75, 3.05) is 11.9 Å². The molecule has 1 atom stereocenters. The summed E-state index contributed by atoms with van der Waals surface area (Å²) in [6.45, 7) is 8.96. The van der Waals surface area contributed by atoms with Gasteiger partial charge in [0.05, 0.1) is 4.92 Å². The molecule has 0 radical (unpaired) electrons. The third-order valence-electron chi connectivity index (χ3n) is 3.16. The number of hydrogen-bond acceptors (Lipinski definition) is 3. The summed E-state index contributed by atoms with van der Waals surface area (Å²) in [6, 6.07) is 3.51. The molecule has 0 fully saturated rings.